The molecule has 0 heterocycles. The van der Waals surface area contributed by atoms with Crippen molar-refractivity contribution >= 4 is 0 Å². The molecule has 1 heteroatoms. The molecule has 0 radical (unpaired) electrons. The normalized spacial score (nSPS) is 8.12. The summed E-state index contributed by atoms with van der Waals surface area (Å²) in [6.07, 6.45) is 0.931. The summed E-state index contributed by atoms with van der Waals surface area (Å²) in [4.78, 5) is 0. The van der Waals surface area contributed by atoms with Gasteiger partial charge in [-0.15, -0.1) is 0 Å². The highest BCUT2D eigenvalue weighted by Gasteiger charge is 1.86. The maximum atomic E-state index is 8.24. The lowest BCUT2D eigenvalue weighted by molar-refractivity contribution is 0.268. The molecule has 0 aromatic heterocycles. The van der Waals surface area contributed by atoms with Gasteiger partial charge in [-0.3, -0.25) is 0 Å². The minimum Gasteiger partial charge on any atom is -0.396 e. The second-order valence-corrected chi connectivity index (χ2v) is 1.91. The van der Waals surface area contributed by atoms with Crippen molar-refractivity contribution < 1.29 is 5.11 Å². The summed E-state index contributed by atoms with van der Waals surface area (Å²) >= 11 is 0. The summed E-state index contributed by atoms with van der Waals surface area (Å²) in [5.74, 6) is 0.648. The van der Waals surface area contributed by atoms with Crippen molar-refractivity contribution in [2.45, 2.75) is 27.2 Å². The second-order valence-electron chi connectivity index (χ2n) is 1.91. The Labute approximate surface area is 52.7 Å². The Morgan fingerprint density at radius 2 is 1.75 bits per heavy atom. The van der Waals surface area contributed by atoms with E-state index in [9.17, 15) is 0 Å². The van der Waals surface area contributed by atoms with Crippen LogP contribution in [-0.4, -0.2) is 11.7 Å². The summed E-state index contributed by atoms with van der Waals surface area (Å²) in [7, 11) is 0. The van der Waals surface area contributed by atoms with Crippen molar-refractivity contribution in [2.75, 3.05) is 6.61 Å². The van der Waals surface area contributed by atoms with Crippen LogP contribution in [0.25, 0.3) is 0 Å². The molecular weight excluding hydrogens is 100 g/mol. The van der Waals surface area contributed by atoms with E-state index in [4.69, 9.17) is 5.11 Å². The van der Waals surface area contributed by atoms with Gasteiger partial charge >= 0.3 is 0 Å². The van der Waals surface area contributed by atoms with Gasteiger partial charge in [-0.05, 0) is 12.3 Å². The molecule has 8 heavy (non-hydrogen) atoms. The number of rotatable bonds is 2. The van der Waals surface area contributed by atoms with Crippen LogP contribution in [0.15, 0.2) is 0 Å². The first-order valence-corrected chi connectivity index (χ1v) is 3.09. The van der Waals surface area contributed by atoms with Crippen LogP contribution in [0.4, 0.5) is 0 Å². The molecule has 0 spiro atoms. The first-order valence-electron chi connectivity index (χ1n) is 3.09. The van der Waals surface area contributed by atoms with E-state index >= 15 is 0 Å². The lowest BCUT2D eigenvalue weighted by Crippen LogP contribution is -1.89. The van der Waals surface area contributed by atoms with Gasteiger partial charge in [-0.2, -0.15) is 0 Å². The quantitative estimate of drug-likeness (QED) is 0.547. The van der Waals surface area contributed by atoms with Gasteiger partial charge in [0.05, 0.1) is 13.8 Å². The molecule has 0 atom stereocenters. The lowest BCUT2D eigenvalue weighted by Gasteiger charge is -1.95. The van der Waals surface area contributed by atoms with Crippen LogP contribution in [0.1, 0.15) is 27.2 Å². The van der Waals surface area contributed by atoms with E-state index in [-0.39, 0.29) is 0 Å². The molecule has 0 saturated carbocycles. The molecule has 0 amide bonds. The van der Waals surface area contributed by atoms with Crippen molar-refractivity contribution in [1.29, 1.82) is 0 Å². The molecule has 0 aromatic rings. The summed E-state index contributed by atoms with van der Waals surface area (Å²) < 4.78 is 0. The third-order valence-corrected chi connectivity index (χ3v) is 0.706. The summed E-state index contributed by atoms with van der Waals surface area (Å²) in [6.45, 7) is 9.52. The van der Waals surface area contributed by atoms with Crippen molar-refractivity contribution in [1.82, 2.24) is 0 Å². The Morgan fingerprint density at radius 3 is 1.75 bits per heavy atom. The van der Waals surface area contributed by atoms with Gasteiger partial charge in [0.1, 0.15) is 0 Å². The first-order chi connectivity index (χ1) is 3.77. The van der Waals surface area contributed by atoms with E-state index in [0.717, 1.165) is 6.42 Å². The van der Waals surface area contributed by atoms with E-state index in [1.54, 1.807) is 6.92 Å². The van der Waals surface area contributed by atoms with Crippen molar-refractivity contribution in [2.24, 2.45) is 5.92 Å². The number of aliphatic hydroxyl groups is 1. The van der Waals surface area contributed by atoms with E-state index < -0.39 is 0 Å². The van der Waals surface area contributed by atoms with E-state index in [2.05, 4.69) is 20.8 Å². The predicted molar refractivity (Wildman–Crippen MR) is 37.6 cm³/mol. The zero-order chi connectivity index (χ0) is 6.99. The molecule has 50 valence electrons. The van der Waals surface area contributed by atoms with Crippen LogP contribution in [0.5, 0.6) is 0 Å². The third kappa shape index (κ3) is 17.0. The Kier molecular flexibility index (Phi) is 13.4. The average molecular weight is 117 g/mol. The van der Waals surface area contributed by atoms with Crippen LogP contribution in [0, 0.1) is 12.8 Å². The van der Waals surface area contributed by atoms with Crippen molar-refractivity contribution in [3.63, 3.8) is 0 Å². The fourth-order valence-corrected chi connectivity index (χ4v) is 0.258. The highest BCUT2D eigenvalue weighted by molar-refractivity contribution is 4.38. The molecule has 0 saturated heterocycles. The lowest BCUT2D eigenvalue weighted by atomic mass is 10.2. The van der Waals surface area contributed by atoms with Crippen molar-refractivity contribution in [3.05, 3.63) is 6.92 Å². The van der Waals surface area contributed by atoms with Crippen molar-refractivity contribution in [3.8, 4) is 0 Å². The zero-order valence-corrected chi connectivity index (χ0v) is 6.15. The van der Waals surface area contributed by atoms with E-state index in [1.807, 2.05) is 0 Å². The summed E-state index contributed by atoms with van der Waals surface area (Å²) in [5.41, 5.74) is 0. The third-order valence-electron chi connectivity index (χ3n) is 0.706. The monoisotopic (exact) mass is 117 g/mol. The molecular formula is C7H17O+. The maximum absolute atomic E-state index is 8.24. The molecule has 0 aliphatic heterocycles. The Bertz CT molecular complexity index is 25.6. The van der Waals surface area contributed by atoms with Crippen LogP contribution < -0.4 is 0 Å². The van der Waals surface area contributed by atoms with Crippen LogP contribution >= 0.6 is 0 Å². The zero-order valence-electron chi connectivity index (χ0n) is 6.15. The van der Waals surface area contributed by atoms with Gasteiger partial charge in [0.15, 0.2) is 0 Å². The SMILES string of the molecule is CC(C)CCO.[CH2+]C. The van der Waals surface area contributed by atoms with Gasteiger partial charge < -0.3 is 5.11 Å². The molecule has 0 rings (SSSR count). The predicted octanol–water partition coefficient (Wildman–Crippen LogP) is 1.87. The Morgan fingerprint density at radius 1 is 1.38 bits per heavy atom. The molecule has 0 bridgehead atoms. The standard InChI is InChI=1S/C5H12O.C2H5/c1-5(2)3-4-6;1-2/h5-6H,3-4H2,1-2H3;1H2,2H3/q;+1. The number of hydrogen-bond acceptors (Lipinski definition) is 1. The van der Waals surface area contributed by atoms with Crippen LogP contribution in [-0.2, 0) is 0 Å². The maximum Gasteiger partial charge on any atom is 0.0746 e. The fourth-order valence-electron chi connectivity index (χ4n) is 0.258. The van der Waals surface area contributed by atoms with Gasteiger partial charge in [-0.1, -0.05) is 13.8 Å². The summed E-state index contributed by atoms with van der Waals surface area (Å²) in [6, 6.07) is 0. The molecule has 0 fully saturated rings. The minimum atomic E-state index is 0.331. The number of aliphatic hydroxyl groups excluding tert-OH is 1. The average Bonchev–Trinajstić information content (AvgIpc) is 1.72. The Hall–Kier alpha value is -0.170. The van der Waals surface area contributed by atoms with Crippen LogP contribution in [0.2, 0.25) is 0 Å². The molecule has 0 unspecified atom stereocenters. The number of hydrogen-bond donors (Lipinski definition) is 1. The minimum absolute atomic E-state index is 0.331. The second kappa shape index (κ2) is 9.95. The highest BCUT2D eigenvalue weighted by atomic mass is 16.2. The van der Waals surface area contributed by atoms with E-state index in [1.165, 1.54) is 0 Å². The van der Waals surface area contributed by atoms with Crippen LogP contribution in [0.3, 0.4) is 0 Å². The largest absolute Gasteiger partial charge is 0.396 e. The summed E-state index contributed by atoms with van der Waals surface area (Å²) in [5, 5.41) is 8.24. The smallest absolute Gasteiger partial charge is 0.0746 e. The molecule has 0 aliphatic carbocycles. The Balaban J connectivity index is 0. The molecule has 0 aliphatic rings. The van der Waals surface area contributed by atoms with Gasteiger partial charge in [0.25, 0.3) is 0 Å². The van der Waals surface area contributed by atoms with Gasteiger partial charge in [-0.25, -0.2) is 0 Å². The molecule has 1 nitrogen and oxygen atoms in total. The van der Waals surface area contributed by atoms with Gasteiger partial charge in [0.2, 0.25) is 0 Å². The topological polar surface area (TPSA) is 20.2 Å². The van der Waals surface area contributed by atoms with Gasteiger partial charge in [0, 0.05) is 6.61 Å². The fraction of sp³-hybridized carbons (Fsp3) is 0.857. The first kappa shape index (κ1) is 10.7. The highest BCUT2D eigenvalue weighted by Crippen LogP contribution is 1.94. The molecule has 1 N–H and O–H groups in total. The molecule has 0 aromatic carbocycles. The van der Waals surface area contributed by atoms with E-state index in [0.29, 0.717) is 12.5 Å².